The third-order valence-corrected chi connectivity index (χ3v) is 6.97. The molecule has 3 heterocycles. The summed E-state index contributed by atoms with van der Waals surface area (Å²) in [6.07, 6.45) is 2.06. The van der Waals surface area contributed by atoms with Gasteiger partial charge in [0.2, 0.25) is 0 Å². The first-order valence-electron chi connectivity index (χ1n) is 11.7. The Morgan fingerprint density at radius 1 is 1.14 bits per heavy atom. The lowest BCUT2D eigenvalue weighted by Crippen LogP contribution is -2.35. The minimum atomic E-state index is -0.224. The number of nitrogens with zero attached hydrogens (tertiary/aromatic N) is 5. The normalized spacial score (nSPS) is 12.6. The number of carbonyl (C=O) groups excluding carboxylic acids is 1. The van der Waals surface area contributed by atoms with Crippen LogP contribution in [0.3, 0.4) is 0 Å². The Morgan fingerprint density at radius 2 is 2.00 bits per heavy atom. The Labute approximate surface area is 216 Å². The highest BCUT2D eigenvalue weighted by Gasteiger charge is 2.28. The second-order valence-corrected chi connectivity index (χ2v) is 9.60. The molecule has 0 saturated carbocycles. The Bertz CT molecular complexity index is 1560. The molecule has 1 N–H and O–H groups in total. The maximum absolute atomic E-state index is 13.2. The fourth-order valence-corrected chi connectivity index (χ4v) is 4.90. The highest BCUT2D eigenvalue weighted by Crippen LogP contribution is 2.26. The van der Waals surface area contributed by atoms with Gasteiger partial charge < -0.3 is 9.80 Å². The van der Waals surface area contributed by atoms with Crippen LogP contribution in [0.4, 0.5) is 5.82 Å². The van der Waals surface area contributed by atoms with Gasteiger partial charge in [0.05, 0.1) is 16.6 Å². The summed E-state index contributed by atoms with van der Waals surface area (Å²) in [6.45, 7) is 4.57. The fourth-order valence-electron chi connectivity index (χ4n) is 4.53. The van der Waals surface area contributed by atoms with Crippen LogP contribution >= 0.6 is 15.9 Å². The third-order valence-electron chi connectivity index (χ3n) is 6.48. The molecule has 1 aliphatic rings. The summed E-state index contributed by atoms with van der Waals surface area (Å²) in [5.74, 6) is 0.799. The van der Waals surface area contributed by atoms with Crippen LogP contribution in [0.1, 0.15) is 39.7 Å². The van der Waals surface area contributed by atoms with Crippen molar-refractivity contribution in [3.63, 3.8) is 0 Å². The number of likely N-dealkylation sites (N-methyl/N-ethyl adjacent to an activating group) is 1. The van der Waals surface area contributed by atoms with E-state index in [9.17, 15) is 9.59 Å². The molecule has 180 valence electrons. The van der Waals surface area contributed by atoms with Crippen LogP contribution < -0.4 is 10.5 Å². The summed E-state index contributed by atoms with van der Waals surface area (Å²) in [6, 6.07) is 17.1. The number of pyridine rings is 1. The van der Waals surface area contributed by atoms with E-state index in [1.54, 1.807) is 18.3 Å². The van der Waals surface area contributed by atoms with Crippen molar-refractivity contribution in [1.29, 1.82) is 5.26 Å². The van der Waals surface area contributed by atoms with Crippen molar-refractivity contribution in [2.24, 2.45) is 0 Å². The average Bonchev–Trinajstić information content (AvgIpc) is 3.21. The standard InChI is InChI=1S/C27H23BrN6O2/c1-2-33(25-8-4-18(14-29)15-30-25)9-10-34-16-19-5-3-17(11-22(19)27(34)36)12-24-23-13-20(28)6-7-21(23)26(35)32-31-24/h3-8,11,13,15H,2,9-10,12,16H2,1H3,(H,32,35). The first-order valence-corrected chi connectivity index (χ1v) is 12.4. The number of H-pyrrole nitrogens is 1. The van der Waals surface area contributed by atoms with Crippen molar-refractivity contribution in [2.75, 3.05) is 24.5 Å². The molecule has 5 rings (SSSR count). The van der Waals surface area contributed by atoms with E-state index < -0.39 is 0 Å². The minimum absolute atomic E-state index is 0.0118. The number of hydrogen-bond donors (Lipinski definition) is 1. The predicted octanol–water partition coefficient (Wildman–Crippen LogP) is 4.03. The quantitative estimate of drug-likeness (QED) is 0.378. The molecule has 9 heteroatoms. The van der Waals surface area contributed by atoms with E-state index in [1.165, 1.54) is 0 Å². The highest BCUT2D eigenvalue weighted by atomic mass is 79.9. The molecule has 0 unspecified atom stereocenters. The van der Waals surface area contributed by atoms with Gasteiger partial charge in [-0.15, -0.1) is 0 Å². The van der Waals surface area contributed by atoms with E-state index in [2.05, 4.69) is 42.1 Å². The van der Waals surface area contributed by atoms with Gasteiger partial charge in [0.25, 0.3) is 11.5 Å². The number of amides is 1. The molecule has 0 fully saturated rings. The molecule has 0 atom stereocenters. The molecule has 0 spiro atoms. The van der Waals surface area contributed by atoms with Crippen LogP contribution in [0, 0.1) is 11.3 Å². The molecule has 2 aromatic heterocycles. The van der Waals surface area contributed by atoms with Gasteiger partial charge in [-0.05, 0) is 54.4 Å². The Hall–Kier alpha value is -4.03. The van der Waals surface area contributed by atoms with Gasteiger partial charge in [0, 0.05) is 54.2 Å². The van der Waals surface area contributed by atoms with Gasteiger partial charge in [-0.3, -0.25) is 9.59 Å². The molecular formula is C27H23BrN6O2. The zero-order valence-corrected chi connectivity index (χ0v) is 21.2. The van der Waals surface area contributed by atoms with Gasteiger partial charge in [-0.25, -0.2) is 10.1 Å². The lowest BCUT2D eigenvalue weighted by molar-refractivity contribution is 0.0782. The number of fused-ring (bicyclic) bond motifs is 2. The number of hydrogen-bond acceptors (Lipinski definition) is 6. The number of anilines is 1. The maximum atomic E-state index is 13.2. The van der Waals surface area contributed by atoms with Gasteiger partial charge in [0.1, 0.15) is 11.9 Å². The molecular weight excluding hydrogens is 520 g/mol. The molecule has 36 heavy (non-hydrogen) atoms. The van der Waals surface area contributed by atoms with E-state index in [4.69, 9.17) is 5.26 Å². The van der Waals surface area contributed by atoms with Crippen molar-refractivity contribution in [3.05, 3.63) is 97.5 Å². The third kappa shape index (κ3) is 4.60. The number of aromatic amines is 1. The molecule has 0 aliphatic carbocycles. The van der Waals surface area contributed by atoms with Gasteiger partial charge in [0.15, 0.2) is 0 Å². The van der Waals surface area contributed by atoms with Gasteiger partial charge in [-0.2, -0.15) is 10.4 Å². The first kappa shape index (κ1) is 23.7. The van der Waals surface area contributed by atoms with Crippen LogP contribution in [0.25, 0.3) is 10.8 Å². The van der Waals surface area contributed by atoms with E-state index >= 15 is 0 Å². The zero-order chi connectivity index (χ0) is 25.2. The van der Waals surface area contributed by atoms with Crippen molar-refractivity contribution < 1.29 is 4.79 Å². The fraction of sp³-hybridized carbons (Fsp3) is 0.222. The molecule has 0 saturated heterocycles. The Balaban J connectivity index is 1.31. The number of halogens is 1. The minimum Gasteiger partial charge on any atom is -0.355 e. The number of carbonyl (C=O) groups is 1. The van der Waals surface area contributed by atoms with Crippen LogP contribution in [-0.4, -0.2) is 45.6 Å². The lowest BCUT2D eigenvalue weighted by atomic mass is 10.0. The van der Waals surface area contributed by atoms with Gasteiger partial charge in [-0.1, -0.05) is 28.1 Å². The van der Waals surface area contributed by atoms with E-state index in [0.717, 1.165) is 39.0 Å². The summed E-state index contributed by atoms with van der Waals surface area (Å²) in [5, 5.41) is 17.2. The number of benzene rings is 2. The number of nitrogens with one attached hydrogen (secondary N) is 1. The summed E-state index contributed by atoms with van der Waals surface area (Å²) >= 11 is 3.47. The molecule has 2 aromatic carbocycles. The number of rotatable bonds is 7. The van der Waals surface area contributed by atoms with Crippen molar-refractivity contribution >= 4 is 38.4 Å². The first-order chi connectivity index (χ1) is 17.5. The topological polar surface area (TPSA) is 106 Å². The van der Waals surface area contributed by atoms with E-state index in [-0.39, 0.29) is 11.5 Å². The Morgan fingerprint density at radius 3 is 2.75 bits per heavy atom. The SMILES string of the molecule is CCN(CCN1Cc2ccc(Cc3n[nH]c(=O)c4ccc(Br)cc34)cc2C1=O)c1ccc(C#N)cn1. The van der Waals surface area contributed by atoms with Crippen molar-refractivity contribution in [3.8, 4) is 6.07 Å². The van der Waals surface area contributed by atoms with E-state index in [1.807, 2.05) is 48.2 Å². The maximum Gasteiger partial charge on any atom is 0.272 e. The zero-order valence-electron chi connectivity index (χ0n) is 19.7. The molecule has 8 nitrogen and oxygen atoms in total. The molecule has 0 radical (unpaired) electrons. The highest BCUT2D eigenvalue weighted by molar-refractivity contribution is 9.10. The number of aromatic nitrogens is 3. The molecule has 1 amide bonds. The molecule has 0 bridgehead atoms. The van der Waals surface area contributed by atoms with E-state index in [0.29, 0.717) is 42.6 Å². The monoisotopic (exact) mass is 542 g/mol. The Kier molecular flexibility index (Phi) is 6.53. The summed E-state index contributed by atoms with van der Waals surface area (Å²) < 4.78 is 0.876. The lowest BCUT2D eigenvalue weighted by Gasteiger charge is -2.25. The summed E-state index contributed by atoms with van der Waals surface area (Å²) in [5.41, 5.74) is 3.72. The summed E-state index contributed by atoms with van der Waals surface area (Å²) in [4.78, 5) is 33.7. The average molecular weight is 543 g/mol. The molecule has 1 aliphatic heterocycles. The predicted molar refractivity (Wildman–Crippen MR) is 141 cm³/mol. The van der Waals surface area contributed by atoms with Crippen LogP contribution in [0.15, 0.2) is 64.0 Å². The van der Waals surface area contributed by atoms with Gasteiger partial charge >= 0.3 is 0 Å². The summed E-state index contributed by atoms with van der Waals surface area (Å²) in [7, 11) is 0. The van der Waals surface area contributed by atoms with Crippen molar-refractivity contribution in [1.82, 2.24) is 20.1 Å². The van der Waals surface area contributed by atoms with Crippen LogP contribution in [-0.2, 0) is 13.0 Å². The van der Waals surface area contributed by atoms with Crippen LogP contribution in [0.2, 0.25) is 0 Å². The second-order valence-electron chi connectivity index (χ2n) is 8.68. The number of nitriles is 1. The second kappa shape index (κ2) is 9.91. The largest absolute Gasteiger partial charge is 0.355 e. The molecule has 4 aromatic rings. The van der Waals surface area contributed by atoms with Crippen molar-refractivity contribution in [2.45, 2.75) is 19.9 Å². The van der Waals surface area contributed by atoms with Crippen LogP contribution in [0.5, 0.6) is 0 Å². The smallest absolute Gasteiger partial charge is 0.272 e.